The highest BCUT2D eigenvalue weighted by Gasteiger charge is 2.25. The van der Waals surface area contributed by atoms with Crippen LogP contribution in [-0.4, -0.2) is 18.0 Å². The van der Waals surface area contributed by atoms with Gasteiger partial charge in [-0.15, -0.1) is 0 Å². The van der Waals surface area contributed by atoms with E-state index in [1.165, 1.54) is 30.5 Å². The molecule has 0 amide bonds. The summed E-state index contributed by atoms with van der Waals surface area (Å²) in [7, 11) is 0. The molecular weight excluding hydrogens is 310 g/mol. The molecule has 2 aromatic carbocycles. The van der Waals surface area contributed by atoms with Crippen LogP contribution >= 0.6 is 15.9 Å². The Balaban J connectivity index is 1.65. The molecule has 0 saturated carbocycles. The molecule has 0 bridgehead atoms. The third kappa shape index (κ3) is 3.31. The summed E-state index contributed by atoms with van der Waals surface area (Å²) in [6, 6.07) is 20.2. The summed E-state index contributed by atoms with van der Waals surface area (Å²) in [5, 5.41) is 0. The van der Waals surface area contributed by atoms with Gasteiger partial charge < -0.3 is 0 Å². The minimum absolute atomic E-state index is 0.604. The van der Waals surface area contributed by atoms with Crippen molar-refractivity contribution in [3.05, 3.63) is 70.2 Å². The van der Waals surface area contributed by atoms with Gasteiger partial charge in [-0.1, -0.05) is 58.4 Å². The van der Waals surface area contributed by atoms with Crippen molar-refractivity contribution >= 4 is 15.9 Å². The van der Waals surface area contributed by atoms with Crippen molar-refractivity contribution in [2.24, 2.45) is 0 Å². The summed E-state index contributed by atoms with van der Waals surface area (Å²) in [4.78, 5) is 2.64. The highest BCUT2D eigenvalue weighted by molar-refractivity contribution is 9.10. The number of rotatable bonds is 4. The quantitative estimate of drug-likeness (QED) is 0.776. The number of likely N-dealkylation sites (tertiary alicyclic amines) is 1. The summed E-state index contributed by atoms with van der Waals surface area (Å²) in [5.74, 6) is 0. The highest BCUT2D eigenvalue weighted by Crippen LogP contribution is 2.32. The molecule has 0 aliphatic carbocycles. The topological polar surface area (TPSA) is 3.24 Å². The van der Waals surface area contributed by atoms with Crippen molar-refractivity contribution in [3.63, 3.8) is 0 Å². The van der Waals surface area contributed by atoms with Crippen molar-refractivity contribution in [1.29, 1.82) is 0 Å². The van der Waals surface area contributed by atoms with Gasteiger partial charge in [0.25, 0.3) is 0 Å². The van der Waals surface area contributed by atoms with E-state index in [1.807, 2.05) is 0 Å². The van der Waals surface area contributed by atoms with Gasteiger partial charge in [-0.2, -0.15) is 0 Å². The summed E-state index contributed by atoms with van der Waals surface area (Å²) < 4.78 is 1.16. The van der Waals surface area contributed by atoms with Crippen LogP contribution in [0.1, 0.15) is 30.0 Å². The molecular formula is C18H20BrN. The first-order chi connectivity index (χ1) is 9.83. The smallest absolute Gasteiger partial charge is 0.0348 e. The third-order valence-corrected chi connectivity index (χ3v) is 4.68. The number of benzene rings is 2. The first kappa shape index (κ1) is 13.8. The molecule has 1 atom stereocenters. The molecule has 1 heterocycles. The molecule has 2 aromatic rings. The van der Waals surface area contributed by atoms with Crippen LogP contribution in [0.25, 0.3) is 0 Å². The van der Waals surface area contributed by atoms with E-state index in [0.717, 1.165) is 17.4 Å². The van der Waals surface area contributed by atoms with E-state index >= 15 is 0 Å². The number of hydrogen-bond donors (Lipinski definition) is 0. The summed E-state index contributed by atoms with van der Waals surface area (Å²) in [5.41, 5.74) is 2.90. The van der Waals surface area contributed by atoms with Gasteiger partial charge >= 0.3 is 0 Å². The Bertz CT molecular complexity index is 535. The maximum absolute atomic E-state index is 3.52. The first-order valence-electron chi connectivity index (χ1n) is 7.36. The summed E-state index contributed by atoms with van der Waals surface area (Å²) in [6.45, 7) is 2.39. The van der Waals surface area contributed by atoms with Crippen LogP contribution in [0.5, 0.6) is 0 Å². The van der Waals surface area contributed by atoms with E-state index in [2.05, 4.69) is 75.4 Å². The zero-order valence-electron chi connectivity index (χ0n) is 11.6. The fourth-order valence-electron chi connectivity index (χ4n) is 3.07. The fraction of sp³-hybridized carbons (Fsp3) is 0.333. The third-order valence-electron chi connectivity index (χ3n) is 4.15. The lowest BCUT2D eigenvalue weighted by Crippen LogP contribution is -2.25. The lowest BCUT2D eigenvalue weighted by Gasteiger charge is -2.25. The van der Waals surface area contributed by atoms with Gasteiger partial charge in [0.2, 0.25) is 0 Å². The monoisotopic (exact) mass is 329 g/mol. The second-order valence-corrected chi connectivity index (χ2v) is 6.40. The highest BCUT2D eigenvalue weighted by atomic mass is 79.9. The molecule has 0 aromatic heterocycles. The molecule has 1 aliphatic heterocycles. The summed E-state index contributed by atoms with van der Waals surface area (Å²) in [6.07, 6.45) is 3.75. The number of nitrogens with zero attached hydrogens (tertiary/aromatic N) is 1. The first-order valence-corrected chi connectivity index (χ1v) is 8.16. The lowest BCUT2D eigenvalue weighted by molar-refractivity contribution is 0.260. The van der Waals surface area contributed by atoms with Crippen molar-refractivity contribution in [1.82, 2.24) is 4.90 Å². The second kappa shape index (κ2) is 6.55. The van der Waals surface area contributed by atoms with Crippen LogP contribution in [0.4, 0.5) is 0 Å². The van der Waals surface area contributed by atoms with Crippen LogP contribution in [0.2, 0.25) is 0 Å². The Kier molecular flexibility index (Phi) is 4.54. The van der Waals surface area contributed by atoms with Gasteiger partial charge in [0, 0.05) is 17.1 Å². The predicted octanol–water partition coefficient (Wildman–Crippen LogP) is 4.83. The van der Waals surface area contributed by atoms with E-state index in [-0.39, 0.29) is 0 Å². The Hall–Kier alpha value is -1.12. The molecule has 1 aliphatic rings. The van der Waals surface area contributed by atoms with Gasteiger partial charge in [-0.3, -0.25) is 4.90 Å². The SMILES string of the molecule is Brc1ccc(C2CCCN2CCc2ccccc2)cc1. The standard InChI is InChI=1S/C18H20BrN/c19-17-10-8-16(9-11-17)18-7-4-13-20(18)14-12-15-5-2-1-3-6-15/h1-3,5-6,8-11,18H,4,7,12-14H2. The van der Waals surface area contributed by atoms with Crippen LogP contribution in [0, 0.1) is 0 Å². The molecule has 20 heavy (non-hydrogen) atoms. The van der Waals surface area contributed by atoms with Gasteiger partial charge in [0.05, 0.1) is 0 Å². The molecule has 0 N–H and O–H groups in total. The molecule has 1 nitrogen and oxygen atoms in total. The molecule has 3 rings (SSSR count). The van der Waals surface area contributed by atoms with E-state index in [0.29, 0.717) is 6.04 Å². The Morgan fingerprint density at radius 1 is 1.00 bits per heavy atom. The zero-order chi connectivity index (χ0) is 13.8. The molecule has 1 fully saturated rings. The van der Waals surface area contributed by atoms with Crippen LogP contribution in [-0.2, 0) is 6.42 Å². The average Bonchev–Trinajstić information content (AvgIpc) is 2.95. The lowest BCUT2D eigenvalue weighted by atomic mass is 10.0. The van der Waals surface area contributed by atoms with Crippen LogP contribution in [0.3, 0.4) is 0 Å². The normalized spacial score (nSPS) is 19.4. The predicted molar refractivity (Wildman–Crippen MR) is 87.8 cm³/mol. The molecule has 0 spiro atoms. The fourth-order valence-corrected chi connectivity index (χ4v) is 3.34. The molecule has 1 unspecified atom stereocenters. The van der Waals surface area contributed by atoms with Gasteiger partial charge in [0.15, 0.2) is 0 Å². The number of halogens is 1. The van der Waals surface area contributed by atoms with Crippen molar-refractivity contribution in [3.8, 4) is 0 Å². The van der Waals surface area contributed by atoms with Crippen LogP contribution < -0.4 is 0 Å². The Labute approximate surface area is 129 Å². The van der Waals surface area contributed by atoms with Crippen molar-refractivity contribution in [2.75, 3.05) is 13.1 Å². The minimum atomic E-state index is 0.604. The van der Waals surface area contributed by atoms with E-state index in [9.17, 15) is 0 Å². The molecule has 2 heteroatoms. The van der Waals surface area contributed by atoms with E-state index in [1.54, 1.807) is 0 Å². The number of hydrogen-bond acceptors (Lipinski definition) is 1. The maximum Gasteiger partial charge on any atom is 0.0348 e. The summed E-state index contributed by atoms with van der Waals surface area (Å²) >= 11 is 3.52. The minimum Gasteiger partial charge on any atom is -0.296 e. The van der Waals surface area contributed by atoms with Crippen molar-refractivity contribution < 1.29 is 0 Å². The maximum atomic E-state index is 3.52. The Morgan fingerprint density at radius 2 is 1.75 bits per heavy atom. The van der Waals surface area contributed by atoms with Crippen molar-refractivity contribution in [2.45, 2.75) is 25.3 Å². The van der Waals surface area contributed by atoms with Gasteiger partial charge in [-0.05, 0) is 49.1 Å². The van der Waals surface area contributed by atoms with Gasteiger partial charge in [-0.25, -0.2) is 0 Å². The van der Waals surface area contributed by atoms with E-state index < -0.39 is 0 Å². The van der Waals surface area contributed by atoms with Gasteiger partial charge in [0.1, 0.15) is 0 Å². The molecule has 0 radical (unpaired) electrons. The van der Waals surface area contributed by atoms with Crippen LogP contribution in [0.15, 0.2) is 59.1 Å². The zero-order valence-corrected chi connectivity index (χ0v) is 13.2. The average molecular weight is 330 g/mol. The molecule has 104 valence electrons. The molecule has 1 saturated heterocycles. The van der Waals surface area contributed by atoms with E-state index in [4.69, 9.17) is 0 Å². The Morgan fingerprint density at radius 3 is 2.50 bits per heavy atom. The largest absolute Gasteiger partial charge is 0.296 e. The second-order valence-electron chi connectivity index (χ2n) is 5.48.